The zero-order valence-electron chi connectivity index (χ0n) is 10.2. The second-order valence-corrected chi connectivity index (χ2v) is 4.98. The van der Waals surface area contributed by atoms with Crippen molar-refractivity contribution in [2.45, 2.75) is 4.90 Å². The van der Waals surface area contributed by atoms with Crippen LogP contribution in [0, 0.1) is 0 Å². The monoisotopic (exact) mass is 303 g/mol. The topological polar surface area (TPSA) is 92.5 Å². The van der Waals surface area contributed by atoms with Crippen molar-refractivity contribution in [1.29, 1.82) is 0 Å². The molecule has 2 aromatic carbocycles. The molecule has 0 aliphatic heterocycles. The SMILES string of the molecule is Nc1ccc(Oc2ccc(S(=O)(=O)[O-])cc2)cc1.[K+]. The molecule has 0 saturated carbocycles. The molecule has 2 aromatic rings. The van der Waals surface area contributed by atoms with Crippen LogP contribution in [0.3, 0.4) is 0 Å². The molecule has 5 nitrogen and oxygen atoms in total. The average Bonchev–Trinajstić information content (AvgIpc) is 2.32. The van der Waals surface area contributed by atoms with E-state index in [0.717, 1.165) is 0 Å². The molecular weight excluding hydrogens is 293 g/mol. The first kappa shape index (κ1) is 16.6. The largest absolute Gasteiger partial charge is 1.00 e. The zero-order chi connectivity index (χ0) is 13.2. The van der Waals surface area contributed by atoms with Gasteiger partial charge in [-0.15, -0.1) is 0 Å². The fourth-order valence-corrected chi connectivity index (χ4v) is 1.82. The third kappa shape index (κ3) is 4.88. The number of nitrogens with two attached hydrogens (primary N) is 1. The summed E-state index contributed by atoms with van der Waals surface area (Å²) in [6.45, 7) is 0. The van der Waals surface area contributed by atoms with Crippen molar-refractivity contribution in [2.24, 2.45) is 0 Å². The van der Waals surface area contributed by atoms with Gasteiger partial charge in [0.15, 0.2) is 0 Å². The summed E-state index contributed by atoms with van der Waals surface area (Å²) in [4.78, 5) is -0.285. The van der Waals surface area contributed by atoms with Crippen LogP contribution < -0.4 is 61.9 Å². The smallest absolute Gasteiger partial charge is 0.744 e. The number of ether oxygens (including phenoxy) is 1. The second-order valence-electron chi connectivity index (χ2n) is 3.60. The molecule has 7 heteroatoms. The van der Waals surface area contributed by atoms with Gasteiger partial charge in [0.2, 0.25) is 0 Å². The Morgan fingerprint density at radius 3 is 1.74 bits per heavy atom. The van der Waals surface area contributed by atoms with Gasteiger partial charge in [0.25, 0.3) is 0 Å². The van der Waals surface area contributed by atoms with Gasteiger partial charge in [-0.25, -0.2) is 8.42 Å². The van der Waals surface area contributed by atoms with Gasteiger partial charge in [-0.05, 0) is 48.5 Å². The van der Waals surface area contributed by atoms with E-state index in [2.05, 4.69) is 0 Å². The molecule has 0 amide bonds. The molecule has 2 rings (SSSR count). The molecule has 0 aromatic heterocycles. The molecule has 0 atom stereocenters. The average molecular weight is 303 g/mol. The van der Waals surface area contributed by atoms with Crippen molar-refractivity contribution >= 4 is 15.8 Å². The molecule has 0 heterocycles. The van der Waals surface area contributed by atoms with E-state index in [4.69, 9.17) is 10.5 Å². The molecule has 0 bridgehead atoms. The van der Waals surface area contributed by atoms with E-state index in [1.54, 1.807) is 24.3 Å². The first-order valence-corrected chi connectivity index (χ1v) is 6.45. The van der Waals surface area contributed by atoms with Gasteiger partial charge in [0.1, 0.15) is 21.6 Å². The molecular formula is C12H10KNO4S. The minimum Gasteiger partial charge on any atom is -0.744 e. The van der Waals surface area contributed by atoms with E-state index < -0.39 is 10.1 Å². The Kier molecular flexibility index (Phi) is 5.99. The Morgan fingerprint density at radius 2 is 1.32 bits per heavy atom. The van der Waals surface area contributed by atoms with E-state index in [1.165, 1.54) is 24.3 Å². The molecule has 0 spiro atoms. The van der Waals surface area contributed by atoms with Crippen molar-refractivity contribution < 1.29 is 69.1 Å². The predicted molar refractivity (Wildman–Crippen MR) is 65.3 cm³/mol. The summed E-state index contributed by atoms with van der Waals surface area (Å²) >= 11 is 0. The maximum atomic E-state index is 10.7. The third-order valence-electron chi connectivity index (χ3n) is 2.23. The third-order valence-corrected chi connectivity index (χ3v) is 3.08. The van der Waals surface area contributed by atoms with Crippen LogP contribution in [0.25, 0.3) is 0 Å². The predicted octanol–water partition coefficient (Wildman–Crippen LogP) is -1.03. The summed E-state index contributed by atoms with van der Waals surface area (Å²) < 4.78 is 37.6. The van der Waals surface area contributed by atoms with Crippen LogP contribution in [-0.4, -0.2) is 13.0 Å². The van der Waals surface area contributed by atoms with Crippen LogP contribution >= 0.6 is 0 Å². The summed E-state index contributed by atoms with van der Waals surface area (Å²) in [5.41, 5.74) is 6.15. The minimum absolute atomic E-state index is 0. The number of hydrogen-bond acceptors (Lipinski definition) is 5. The zero-order valence-corrected chi connectivity index (χ0v) is 14.2. The first-order valence-electron chi connectivity index (χ1n) is 5.04. The van der Waals surface area contributed by atoms with Gasteiger partial charge in [-0.2, -0.15) is 0 Å². The van der Waals surface area contributed by atoms with Crippen LogP contribution in [0.15, 0.2) is 53.4 Å². The van der Waals surface area contributed by atoms with Crippen LogP contribution in [0.2, 0.25) is 0 Å². The van der Waals surface area contributed by atoms with Crippen molar-refractivity contribution in [2.75, 3.05) is 5.73 Å². The Labute approximate surface area is 153 Å². The molecule has 94 valence electrons. The molecule has 2 N–H and O–H groups in total. The maximum absolute atomic E-state index is 10.7. The van der Waals surface area contributed by atoms with Gasteiger partial charge in [-0.3, -0.25) is 0 Å². The van der Waals surface area contributed by atoms with E-state index in [9.17, 15) is 13.0 Å². The van der Waals surface area contributed by atoms with E-state index in [-0.39, 0.29) is 56.3 Å². The fraction of sp³-hybridized carbons (Fsp3) is 0. The van der Waals surface area contributed by atoms with Gasteiger partial charge in [0.05, 0.1) is 4.90 Å². The quantitative estimate of drug-likeness (QED) is 0.445. The summed E-state index contributed by atoms with van der Waals surface area (Å²) in [6.07, 6.45) is 0. The van der Waals surface area contributed by atoms with Gasteiger partial charge >= 0.3 is 51.4 Å². The van der Waals surface area contributed by atoms with E-state index in [1.807, 2.05) is 0 Å². The Morgan fingerprint density at radius 1 is 0.895 bits per heavy atom. The van der Waals surface area contributed by atoms with Crippen LogP contribution in [0.1, 0.15) is 0 Å². The van der Waals surface area contributed by atoms with Crippen LogP contribution in [0.4, 0.5) is 5.69 Å². The number of benzene rings is 2. The molecule has 0 aliphatic rings. The Balaban J connectivity index is 0.00000180. The van der Waals surface area contributed by atoms with Crippen LogP contribution in [-0.2, 0) is 10.1 Å². The van der Waals surface area contributed by atoms with E-state index >= 15 is 0 Å². The number of nitrogen functional groups attached to an aromatic ring is 1. The van der Waals surface area contributed by atoms with E-state index in [0.29, 0.717) is 17.2 Å². The number of hydrogen-bond donors (Lipinski definition) is 1. The van der Waals surface area contributed by atoms with Crippen molar-refractivity contribution in [3.8, 4) is 11.5 Å². The maximum Gasteiger partial charge on any atom is 1.00 e. The van der Waals surface area contributed by atoms with Crippen LogP contribution in [0.5, 0.6) is 11.5 Å². The molecule has 0 aliphatic carbocycles. The first-order chi connectivity index (χ1) is 8.45. The van der Waals surface area contributed by atoms with Crippen molar-refractivity contribution in [3.05, 3.63) is 48.5 Å². The summed E-state index contributed by atoms with van der Waals surface area (Å²) in [5, 5.41) is 0. The normalized spacial score (nSPS) is 10.6. The number of anilines is 1. The molecule has 19 heavy (non-hydrogen) atoms. The second kappa shape index (κ2) is 6.84. The Bertz CT molecular complexity index is 638. The molecule has 0 unspecified atom stereocenters. The number of rotatable bonds is 3. The van der Waals surface area contributed by atoms with Gasteiger partial charge in [-0.1, -0.05) is 0 Å². The summed E-state index contributed by atoms with van der Waals surface area (Å²) in [7, 11) is -4.42. The summed E-state index contributed by atoms with van der Waals surface area (Å²) in [5.74, 6) is 1.01. The van der Waals surface area contributed by atoms with Gasteiger partial charge in [0, 0.05) is 5.69 Å². The molecule has 0 radical (unpaired) electrons. The van der Waals surface area contributed by atoms with Gasteiger partial charge < -0.3 is 15.0 Å². The Hall–Kier alpha value is -0.414. The molecule has 0 fully saturated rings. The fourth-order valence-electron chi connectivity index (χ4n) is 1.35. The van der Waals surface area contributed by atoms with Crippen molar-refractivity contribution in [1.82, 2.24) is 0 Å². The summed E-state index contributed by atoms with van der Waals surface area (Å²) in [6, 6.07) is 12.0. The standard InChI is InChI=1S/C12H11NO4S.K/c13-9-1-3-10(4-2-9)17-11-5-7-12(8-6-11)18(14,15)16;/h1-8H,13H2,(H,14,15,16);/q;+1/p-1. The van der Waals surface area contributed by atoms with Crippen molar-refractivity contribution in [3.63, 3.8) is 0 Å². The molecule has 0 saturated heterocycles. The minimum atomic E-state index is -4.42.